The van der Waals surface area contributed by atoms with Crippen molar-refractivity contribution >= 4 is 23.4 Å². The molecule has 5 nitrogen and oxygen atoms in total. The molecule has 3 aromatic rings. The smallest absolute Gasteiger partial charge is 0.294 e. The molecule has 29 heavy (non-hydrogen) atoms. The number of aromatic nitrogens is 1. The third kappa shape index (κ3) is 5.28. The molecule has 0 atom stereocenters. The molecule has 1 aliphatic rings. The highest BCUT2D eigenvalue weighted by molar-refractivity contribution is 7.99. The Morgan fingerprint density at radius 2 is 1.93 bits per heavy atom. The molecule has 1 aromatic heterocycles. The molecule has 1 saturated heterocycles. The number of carbonyl (C=O) groups excluding carboxylic acids is 1. The van der Waals surface area contributed by atoms with Crippen LogP contribution in [0.25, 0.3) is 11.3 Å². The average molecular weight is 409 g/mol. The molecule has 0 spiro atoms. The molecule has 2 aromatic carbocycles. The van der Waals surface area contributed by atoms with Crippen LogP contribution in [0.3, 0.4) is 0 Å². The van der Waals surface area contributed by atoms with Gasteiger partial charge in [0.1, 0.15) is 5.69 Å². The van der Waals surface area contributed by atoms with E-state index in [0.29, 0.717) is 10.9 Å². The van der Waals surface area contributed by atoms with E-state index in [1.54, 1.807) is 6.07 Å². The van der Waals surface area contributed by atoms with Gasteiger partial charge in [-0.3, -0.25) is 4.79 Å². The SMILES string of the molecule is Cc1ccc(-c2cc(C(=O)Nc3cccc(CSC4CCOCC4)c3)on2)cc1. The van der Waals surface area contributed by atoms with Crippen LogP contribution in [0, 0.1) is 6.92 Å². The Kier molecular flexibility index (Phi) is 6.32. The summed E-state index contributed by atoms with van der Waals surface area (Å²) < 4.78 is 10.7. The number of nitrogens with one attached hydrogen (secondary N) is 1. The Morgan fingerprint density at radius 1 is 1.14 bits per heavy atom. The fourth-order valence-corrected chi connectivity index (χ4v) is 4.36. The van der Waals surface area contributed by atoms with Crippen LogP contribution >= 0.6 is 11.8 Å². The van der Waals surface area contributed by atoms with Gasteiger partial charge >= 0.3 is 0 Å². The van der Waals surface area contributed by atoms with Crippen molar-refractivity contribution in [3.63, 3.8) is 0 Å². The minimum absolute atomic E-state index is 0.197. The molecule has 1 amide bonds. The number of ether oxygens (including phenoxy) is 1. The molecule has 0 bridgehead atoms. The summed E-state index contributed by atoms with van der Waals surface area (Å²) in [4.78, 5) is 12.6. The predicted octanol–water partition coefficient (Wildman–Crippen LogP) is 5.31. The first-order valence-corrected chi connectivity index (χ1v) is 10.9. The van der Waals surface area contributed by atoms with E-state index < -0.39 is 0 Å². The fourth-order valence-electron chi connectivity index (χ4n) is 3.23. The highest BCUT2D eigenvalue weighted by atomic mass is 32.2. The number of carbonyl (C=O) groups is 1. The van der Waals surface area contributed by atoms with Crippen molar-refractivity contribution < 1.29 is 14.1 Å². The highest BCUT2D eigenvalue weighted by Crippen LogP contribution is 2.27. The molecule has 1 aliphatic heterocycles. The largest absolute Gasteiger partial charge is 0.381 e. The zero-order valence-corrected chi connectivity index (χ0v) is 17.2. The summed E-state index contributed by atoms with van der Waals surface area (Å²) >= 11 is 1.96. The maximum atomic E-state index is 12.6. The van der Waals surface area contributed by atoms with Gasteiger partial charge in [0, 0.05) is 41.5 Å². The number of anilines is 1. The summed E-state index contributed by atoms with van der Waals surface area (Å²) in [6.07, 6.45) is 2.21. The van der Waals surface area contributed by atoms with E-state index in [2.05, 4.69) is 16.5 Å². The van der Waals surface area contributed by atoms with Crippen LogP contribution in [-0.2, 0) is 10.5 Å². The van der Waals surface area contributed by atoms with Crippen molar-refractivity contribution in [2.45, 2.75) is 30.8 Å². The van der Waals surface area contributed by atoms with Gasteiger partial charge in [0.05, 0.1) is 0 Å². The lowest BCUT2D eigenvalue weighted by atomic mass is 10.1. The predicted molar refractivity (Wildman–Crippen MR) is 116 cm³/mol. The fraction of sp³-hybridized carbons (Fsp3) is 0.304. The lowest BCUT2D eigenvalue weighted by Gasteiger charge is -2.21. The van der Waals surface area contributed by atoms with Gasteiger partial charge in [-0.15, -0.1) is 0 Å². The summed E-state index contributed by atoms with van der Waals surface area (Å²) in [7, 11) is 0. The lowest BCUT2D eigenvalue weighted by Crippen LogP contribution is -2.17. The first-order chi connectivity index (χ1) is 14.2. The third-order valence-corrected chi connectivity index (χ3v) is 6.36. The Hall–Kier alpha value is -2.57. The van der Waals surface area contributed by atoms with Gasteiger partial charge in [-0.1, -0.05) is 47.1 Å². The van der Waals surface area contributed by atoms with Gasteiger partial charge < -0.3 is 14.6 Å². The van der Waals surface area contributed by atoms with Gasteiger partial charge in [0.2, 0.25) is 5.76 Å². The van der Waals surface area contributed by atoms with Crippen molar-refractivity contribution in [1.29, 1.82) is 0 Å². The van der Waals surface area contributed by atoms with Gasteiger partial charge in [-0.2, -0.15) is 11.8 Å². The standard InChI is InChI=1S/C23H24N2O3S/c1-16-5-7-18(8-6-16)21-14-22(28-25-21)23(26)24-19-4-2-3-17(13-19)15-29-20-9-11-27-12-10-20/h2-8,13-14,20H,9-12,15H2,1H3,(H,24,26). The second kappa shape index (κ2) is 9.29. The summed E-state index contributed by atoms with van der Waals surface area (Å²) in [5.74, 6) is 0.821. The van der Waals surface area contributed by atoms with Crippen LogP contribution in [0.15, 0.2) is 59.1 Å². The molecular formula is C23H24N2O3S. The minimum Gasteiger partial charge on any atom is -0.381 e. The second-order valence-electron chi connectivity index (χ2n) is 7.22. The molecule has 0 aliphatic carbocycles. The number of hydrogen-bond donors (Lipinski definition) is 1. The number of amides is 1. The van der Waals surface area contributed by atoms with Gasteiger partial charge in [-0.05, 0) is 37.5 Å². The number of nitrogens with zero attached hydrogens (tertiary/aromatic N) is 1. The van der Waals surface area contributed by atoms with Crippen LogP contribution < -0.4 is 5.32 Å². The lowest BCUT2D eigenvalue weighted by molar-refractivity contribution is 0.0987. The van der Waals surface area contributed by atoms with Crippen LogP contribution in [0.2, 0.25) is 0 Å². The molecular weight excluding hydrogens is 384 g/mol. The molecule has 6 heteroatoms. The number of thioether (sulfide) groups is 1. The molecule has 4 rings (SSSR count). The van der Waals surface area contributed by atoms with Crippen molar-refractivity contribution in [2.75, 3.05) is 18.5 Å². The molecule has 1 fully saturated rings. The maximum absolute atomic E-state index is 12.6. The Labute approximate surface area is 174 Å². The first-order valence-electron chi connectivity index (χ1n) is 9.81. The van der Waals surface area contributed by atoms with Crippen LogP contribution in [0.4, 0.5) is 5.69 Å². The zero-order chi connectivity index (χ0) is 20.1. The highest BCUT2D eigenvalue weighted by Gasteiger charge is 2.16. The average Bonchev–Trinajstić information content (AvgIpc) is 3.24. The van der Waals surface area contributed by atoms with E-state index in [0.717, 1.165) is 43.1 Å². The van der Waals surface area contributed by atoms with Crippen molar-refractivity contribution in [1.82, 2.24) is 5.16 Å². The topological polar surface area (TPSA) is 64.4 Å². The van der Waals surface area contributed by atoms with E-state index in [1.807, 2.05) is 61.2 Å². The number of aryl methyl sites for hydroxylation is 1. The first kappa shape index (κ1) is 19.7. The quantitative estimate of drug-likeness (QED) is 0.598. The molecule has 0 saturated carbocycles. The van der Waals surface area contributed by atoms with Crippen LogP contribution in [-0.4, -0.2) is 29.5 Å². The number of rotatable bonds is 6. The summed E-state index contributed by atoms with van der Waals surface area (Å²) in [5.41, 5.74) is 4.69. The summed E-state index contributed by atoms with van der Waals surface area (Å²) in [6, 6.07) is 17.6. The summed E-state index contributed by atoms with van der Waals surface area (Å²) in [5, 5.41) is 7.59. The van der Waals surface area contributed by atoms with E-state index >= 15 is 0 Å². The van der Waals surface area contributed by atoms with E-state index in [4.69, 9.17) is 9.26 Å². The van der Waals surface area contributed by atoms with Crippen molar-refractivity contribution in [3.8, 4) is 11.3 Å². The molecule has 150 valence electrons. The number of benzene rings is 2. The third-order valence-electron chi connectivity index (χ3n) is 4.92. The van der Waals surface area contributed by atoms with E-state index in [1.165, 1.54) is 11.1 Å². The normalized spacial score (nSPS) is 14.7. The number of hydrogen-bond acceptors (Lipinski definition) is 5. The molecule has 1 N–H and O–H groups in total. The second-order valence-corrected chi connectivity index (χ2v) is 8.51. The van der Waals surface area contributed by atoms with Crippen LogP contribution in [0.1, 0.15) is 34.5 Å². The molecule has 0 unspecified atom stereocenters. The minimum atomic E-state index is -0.301. The summed E-state index contributed by atoms with van der Waals surface area (Å²) in [6.45, 7) is 3.74. The Balaban J connectivity index is 1.37. The van der Waals surface area contributed by atoms with E-state index in [-0.39, 0.29) is 11.7 Å². The zero-order valence-electron chi connectivity index (χ0n) is 16.4. The molecule has 0 radical (unpaired) electrons. The van der Waals surface area contributed by atoms with Crippen molar-refractivity contribution in [2.24, 2.45) is 0 Å². The van der Waals surface area contributed by atoms with E-state index in [9.17, 15) is 4.79 Å². The van der Waals surface area contributed by atoms with Gasteiger partial charge in [0.15, 0.2) is 0 Å². The van der Waals surface area contributed by atoms with Gasteiger partial charge in [0.25, 0.3) is 5.91 Å². The Morgan fingerprint density at radius 3 is 2.72 bits per heavy atom. The van der Waals surface area contributed by atoms with Gasteiger partial charge in [-0.25, -0.2) is 0 Å². The molecule has 2 heterocycles. The van der Waals surface area contributed by atoms with Crippen molar-refractivity contribution in [3.05, 3.63) is 71.5 Å². The van der Waals surface area contributed by atoms with Crippen LogP contribution in [0.5, 0.6) is 0 Å². The maximum Gasteiger partial charge on any atom is 0.294 e. The Bertz CT molecular complexity index is 962. The monoisotopic (exact) mass is 408 g/mol.